The Morgan fingerprint density at radius 2 is 1.90 bits per heavy atom. The lowest BCUT2D eigenvalue weighted by Crippen LogP contribution is -2.24. The molecule has 4 nitrogen and oxygen atoms in total. The maximum Gasteiger partial charge on any atom is 0.308 e. The fourth-order valence-corrected chi connectivity index (χ4v) is 2.61. The van der Waals surface area contributed by atoms with Crippen LogP contribution >= 0.6 is 12.6 Å². The molecule has 0 saturated carbocycles. The van der Waals surface area contributed by atoms with E-state index < -0.39 is 11.9 Å². The lowest BCUT2D eigenvalue weighted by molar-refractivity contribution is -0.141. The lowest BCUT2D eigenvalue weighted by Gasteiger charge is -2.23. The summed E-state index contributed by atoms with van der Waals surface area (Å²) in [6.45, 7) is 0. The normalized spacial score (nSPS) is 13.7. The molecule has 2 aromatic rings. The first kappa shape index (κ1) is 14.4. The summed E-state index contributed by atoms with van der Waals surface area (Å²) in [5, 5.41) is 9.43. The Balaban J connectivity index is 2.49. The summed E-state index contributed by atoms with van der Waals surface area (Å²) >= 11 is 4.19. The highest BCUT2D eigenvalue weighted by molar-refractivity contribution is 7.80. The molecule has 104 valence electrons. The molecule has 1 aromatic heterocycles. The molecule has 0 aliphatic rings. The molecule has 0 aliphatic heterocycles. The number of carbonyl (C=O) groups is 1. The third-order valence-corrected chi connectivity index (χ3v) is 3.64. The van der Waals surface area contributed by atoms with E-state index in [0.717, 1.165) is 11.1 Å². The number of rotatable bonds is 5. The summed E-state index contributed by atoms with van der Waals surface area (Å²) in [6, 6.07) is 13.0. The molecule has 1 aromatic carbocycles. The SMILES string of the molecule is Nc1ccc(C(c2ccccc2)C(CS)C(=O)O)cn1. The van der Waals surface area contributed by atoms with Crippen molar-refractivity contribution in [2.45, 2.75) is 5.92 Å². The second-order valence-corrected chi connectivity index (χ2v) is 4.90. The summed E-state index contributed by atoms with van der Waals surface area (Å²) < 4.78 is 0. The molecule has 2 atom stereocenters. The van der Waals surface area contributed by atoms with E-state index in [1.807, 2.05) is 36.4 Å². The van der Waals surface area contributed by atoms with Gasteiger partial charge in [0.25, 0.3) is 0 Å². The second kappa shape index (κ2) is 6.43. The van der Waals surface area contributed by atoms with Crippen LogP contribution < -0.4 is 5.73 Å². The van der Waals surface area contributed by atoms with E-state index in [0.29, 0.717) is 5.82 Å². The largest absolute Gasteiger partial charge is 0.481 e. The maximum absolute atomic E-state index is 11.5. The van der Waals surface area contributed by atoms with Gasteiger partial charge >= 0.3 is 5.97 Å². The molecule has 20 heavy (non-hydrogen) atoms. The van der Waals surface area contributed by atoms with E-state index in [2.05, 4.69) is 17.6 Å². The highest BCUT2D eigenvalue weighted by Gasteiger charge is 2.29. The van der Waals surface area contributed by atoms with Gasteiger partial charge in [-0.3, -0.25) is 4.79 Å². The van der Waals surface area contributed by atoms with Crippen molar-refractivity contribution in [1.29, 1.82) is 0 Å². The molecule has 0 aliphatic carbocycles. The molecule has 0 amide bonds. The number of nitrogens with zero attached hydrogens (tertiary/aromatic N) is 1. The fourth-order valence-electron chi connectivity index (χ4n) is 2.24. The Hall–Kier alpha value is -2.01. The topological polar surface area (TPSA) is 76.2 Å². The summed E-state index contributed by atoms with van der Waals surface area (Å²) in [5.74, 6) is -1.12. The van der Waals surface area contributed by atoms with E-state index in [1.54, 1.807) is 12.3 Å². The quantitative estimate of drug-likeness (QED) is 0.739. The van der Waals surface area contributed by atoms with Crippen LogP contribution in [0.15, 0.2) is 48.7 Å². The van der Waals surface area contributed by atoms with Crippen molar-refractivity contribution in [3.8, 4) is 0 Å². The van der Waals surface area contributed by atoms with E-state index in [1.165, 1.54) is 0 Å². The van der Waals surface area contributed by atoms with Crippen molar-refractivity contribution in [3.63, 3.8) is 0 Å². The van der Waals surface area contributed by atoms with Gasteiger partial charge in [-0.25, -0.2) is 4.98 Å². The van der Waals surface area contributed by atoms with E-state index in [-0.39, 0.29) is 11.7 Å². The molecular weight excluding hydrogens is 272 g/mol. The zero-order valence-electron chi connectivity index (χ0n) is 10.8. The number of aromatic nitrogens is 1. The third-order valence-electron chi connectivity index (χ3n) is 3.24. The number of carboxylic acids is 1. The zero-order chi connectivity index (χ0) is 14.5. The van der Waals surface area contributed by atoms with Crippen LogP contribution in [0.1, 0.15) is 17.0 Å². The van der Waals surface area contributed by atoms with Gasteiger partial charge in [0.2, 0.25) is 0 Å². The average Bonchev–Trinajstić information content (AvgIpc) is 2.46. The highest BCUT2D eigenvalue weighted by atomic mass is 32.1. The van der Waals surface area contributed by atoms with Crippen LogP contribution in [-0.4, -0.2) is 21.8 Å². The average molecular weight is 288 g/mol. The van der Waals surface area contributed by atoms with Crippen LogP contribution in [0.4, 0.5) is 5.82 Å². The number of anilines is 1. The molecule has 2 unspecified atom stereocenters. The summed E-state index contributed by atoms with van der Waals surface area (Å²) in [5.41, 5.74) is 7.35. The van der Waals surface area contributed by atoms with Gasteiger partial charge in [0.1, 0.15) is 5.82 Å². The number of pyridine rings is 1. The van der Waals surface area contributed by atoms with Crippen molar-refractivity contribution in [3.05, 3.63) is 59.8 Å². The number of nitrogens with two attached hydrogens (primary N) is 1. The Morgan fingerprint density at radius 1 is 1.20 bits per heavy atom. The van der Waals surface area contributed by atoms with Crippen LogP contribution in [0.3, 0.4) is 0 Å². The molecule has 3 N–H and O–H groups in total. The molecule has 5 heteroatoms. The lowest BCUT2D eigenvalue weighted by atomic mass is 9.82. The number of carboxylic acid groups (broad SMARTS) is 1. The molecule has 0 fully saturated rings. The maximum atomic E-state index is 11.5. The minimum absolute atomic E-state index is 0.249. The molecule has 0 radical (unpaired) electrons. The van der Waals surface area contributed by atoms with Gasteiger partial charge in [-0.05, 0) is 17.2 Å². The Labute approximate surface area is 123 Å². The highest BCUT2D eigenvalue weighted by Crippen LogP contribution is 2.33. The first-order chi connectivity index (χ1) is 9.63. The van der Waals surface area contributed by atoms with Crippen molar-refractivity contribution in [1.82, 2.24) is 4.98 Å². The number of hydrogen-bond donors (Lipinski definition) is 3. The van der Waals surface area contributed by atoms with E-state index in [4.69, 9.17) is 5.73 Å². The minimum Gasteiger partial charge on any atom is -0.481 e. The number of benzene rings is 1. The van der Waals surface area contributed by atoms with Crippen LogP contribution in [-0.2, 0) is 4.79 Å². The fraction of sp³-hybridized carbons (Fsp3) is 0.200. The van der Waals surface area contributed by atoms with E-state index >= 15 is 0 Å². The molecule has 2 rings (SSSR count). The standard InChI is InChI=1S/C15H16N2O2S/c16-13-7-6-11(8-17-13)14(12(9-20)15(18)19)10-4-2-1-3-5-10/h1-8,12,14,20H,9H2,(H2,16,17)(H,18,19). The van der Waals surface area contributed by atoms with Crippen molar-refractivity contribution in [2.24, 2.45) is 5.92 Å². The molecular formula is C15H16N2O2S. The van der Waals surface area contributed by atoms with Gasteiger partial charge in [-0.15, -0.1) is 0 Å². The van der Waals surface area contributed by atoms with Crippen molar-refractivity contribution < 1.29 is 9.90 Å². The Bertz CT molecular complexity index is 572. The molecule has 1 heterocycles. The number of nitrogen functional groups attached to an aromatic ring is 1. The second-order valence-electron chi connectivity index (χ2n) is 4.53. The van der Waals surface area contributed by atoms with Gasteiger partial charge in [0, 0.05) is 17.9 Å². The molecule has 0 spiro atoms. The zero-order valence-corrected chi connectivity index (χ0v) is 11.7. The van der Waals surface area contributed by atoms with Gasteiger partial charge in [-0.1, -0.05) is 36.4 Å². The molecule has 0 bridgehead atoms. The van der Waals surface area contributed by atoms with Gasteiger partial charge < -0.3 is 10.8 Å². The van der Waals surface area contributed by atoms with Crippen LogP contribution in [0.2, 0.25) is 0 Å². The van der Waals surface area contributed by atoms with Gasteiger partial charge in [0.05, 0.1) is 5.92 Å². The number of aliphatic carboxylic acids is 1. The van der Waals surface area contributed by atoms with E-state index in [9.17, 15) is 9.90 Å². The first-order valence-electron chi connectivity index (χ1n) is 6.23. The monoisotopic (exact) mass is 288 g/mol. The van der Waals surface area contributed by atoms with Crippen molar-refractivity contribution in [2.75, 3.05) is 11.5 Å². The van der Waals surface area contributed by atoms with Crippen LogP contribution in [0.5, 0.6) is 0 Å². The molecule has 0 saturated heterocycles. The number of hydrogen-bond acceptors (Lipinski definition) is 4. The van der Waals surface area contributed by atoms with Crippen LogP contribution in [0.25, 0.3) is 0 Å². The van der Waals surface area contributed by atoms with Gasteiger partial charge in [-0.2, -0.15) is 12.6 Å². The smallest absolute Gasteiger partial charge is 0.308 e. The third kappa shape index (κ3) is 3.11. The van der Waals surface area contributed by atoms with Crippen molar-refractivity contribution >= 4 is 24.4 Å². The predicted molar refractivity (Wildman–Crippen MR) is 81.9 cm³/mol. The summed E-state index contributed by atoms with van der Waals surface area (Å²) in [6.07, 6.45) is 1.63. The minimum atomic E-state index is -0.870. The first-order valence-corrected chi connectivity index (χ1v) is 6.86. The summed E-state index contributed by atoms with van der Waals surface area (Å²) in [7, 11) is 0. The predicted octanol–water partition coefficient (Wildman–Crippen LogP) is 2.43. The van der Waals surface area contributed by atoms with Gasteiger partial charge in [0.15, 0.2) is 0 Å². The number of thiol groups is 1. The van der Waals surface area contributed by atoms with Crippen LogP contribution in [0, 0.1) is 5.92 Å². The Kier molecular flexibility index (Phi) is 4.63. The Morgan fingerprint density at radius 3 is 2.40 bits per heavy atom. The summed E-state index contributed by atoms with van der Waals surface area (Å²) in [4.78, 5) is 15.6.